The number of pyridine rings is 2. The van der Waals surface area contributed by atoms with Crippen molar-refractivity contribution in [1.29, 1.82) is 0 Å². The minimum atomic E-state index is -0.850. The van der Waals surface area contributed by atoms with Crippen LogP contribution in [-0.2, 0) is 19.1 Å². The molecule has 1 N–H and O–H groups in total. The third kappa shape index (κ3) is 13.0. The van der Waals surface area contributed by atoms with Gasteiger partial charge < -0.3 is 14.5 Å². The molecule has 0 spiro atoms. The second kappa shape index (κ2) is 19.0. The van der Waals surface area contributed by atoms with Crippen molar-refractivity contribution in [2.45, 2.75) is 81.2 Å². The number of rotatable bonds is 9. The van der Waals surface area contributed by atoms with E-state index in [-0.39, 0.29) is 30.0 Å². The Labute approximate surface area is 257 Å². The molecule has 12 heteroatoms. The van der Waals surface area contributed by atoms with Gasteiger partial charge in [0.2, 0.25) is 0 Å². The van der Waals surface area contributed by atoms with Gasteiger partial charge in [0.1, 0.15) is 6.04 Å². The van der Waals surface area contributed by atoms with Gasteiger partial charge in [-0.1, -0.05) is 34.6 Å². The Morgan fingerprint density at radius 3 is 1.80 bits per heavy atom. The largest absolute Gasteiger partial charge is 0.466 e. The van der Waals surface area contributed by atoms with Crippen LogP contribution >= 0.6 is 31.9 Å². The molecular formula is C29H42Br2F2N2O6. The first kappa shape index (κ1) is 38.7. The minimum Gasteiger partial charge on any atom is -0.466 e. The molecule has 0 bridgehead atoms. The summed E-state index contributed by atoms with van der Waals surface area (Å²) >= 11 is 6.27. The van der Waals surface area contributed by atoms with Gasteiger partial charge in [-0.05, 0) is 84.2 Å². The molecule has 8 nitrogen and oxygen atoms in total. The molecule has 0 fully saturated rings. The Morgan fingerprint density at radius 2 is 1.34 bits per heavy atom. The number of aromatic amines is 1. The van der Waals surface area contributed by atoms with Crippen LogP contribution < -0.4 is 11.1 Å². The van der Waals surface area contributed by atoms with E-state index in [1.807, 2.05) is 27.7 Å². The lowest BCUT2D eigenvalue weighted by Gasteiger charge is -2.21. The second-order valence-electron chi connectivity index (χ2n) is 10.2. The van der Waals surface area contributed by atoms with Crippen molar-refractivity contribution in [3.05, 3.63) is 64.8 Å². The van der Waals surface area contributed by atoms with Crippen LogP contribution in [0, 0.1) is 43.2 Å². The predicted octanol–water partition coefficient (Wildman–Crippen LogP) is 7.03. The van der Waals surface area contributed by atoms with E-state index in [4.69, 9.17) is 9.47 Å². The molecule has 2 aromatic heterocycles. The zero-order valence-electron chi connectivity index (χ0n) is 25.2. The molecule has 0 aromatic carbocycles. The van der Waals surface area contributed by atoms with E-state index in [1.165, 1.54) is 26.2 Å². The molecule has 0 radical (unpaired) electrons. The monoisotopic (exact) mass is 710 g/mol. The summed E-state index contributed by atoms with van der Waals surface area (Å²) in [7, 11) is 0. The van der Waals surface area contributed by atoms with E-state index in [0.29, 0.717) is 33.5 Å². The van der Waals surface area contributed by atoms with Gasteiger partial charge in [0.25, 0.3) is 11.1 Å². The van der Waals surface area contributed by atoms with E-state index in [2.05, 4.69) is 50.7 Å². The maximum atomic E-state index is 13.9. The number of aromatic nitrogens is 2. The smallest absolute Gasteiger partial charge is 0.329 e. The van der Waals surface area contributed by atoms with Crippen molar-refractivity contribution in [2.75, 3.05) is 13.2 Å². The van der Waals surface area contributed by atoms with Crippen molar-refractivity contribution in [3.63, 3.8) is 0 Å². The van der Waals surface area contributed by atoms with Crippen LogP contribution in [0.25, 0.3) is 0 Å². The SMILES string of the molecule is CCOC(=O)C(C)CC(C)C.CCOC(=O)C(CC(C)C)n1cc(Br)c(C)c(F)c1=O.Cc1c(Br)c[nH]c(=O)c1F. The molecule has 0 aliphatic carbocycles. The number of carbonyl (C=O) groups excluding carboxylic acids is 2. The Hall–Kier alpha value is -2.34. The highest BCUT2D eigenvalue weighted by Crippen LogP contribution is 2.22. The van der Waals surface area contributed by atoms with E-state index >= 15 is 0 Å². The maximum absolute atomic E-state index is 13.9. The number of nitrogens with one attached hydrogen (secondary N) is 1. The first-order chi connectivity index (χ1) is 19.0. The third-order valence-electron chi connectivity index (χ3n) is 5.68. The number of esters is 2. The Bertz CT molecular complexity index is 1260. The van der Waals surface area contributed by atoms with Gasteiger partial charge in [-0.25, -0.2) is 13.6 Å². The van der Waals surface area contributed by atoms with Crippen molar-refractivity contribution < 1.29 is 27.8 Å². The number of hydrogen-bond donors (Lipinski definition) is 1. The molecule has 41 heavy (non-hydrogen) atoms. The number of carbonyl (C=O) groups is 2. The Kier molecular flexibility index (Phi) is 17.9. The van der Waals surface area contributed by atoms with Gasteiger partial charge >= 0.3 is 11.9 Å². The van der Waals surface area contributed by atoms with Crippen LogP contribution in [0.5, 0.6) is 0 Å². The molecule has 2 atom stereocenters. The zero-order valence-corrected chi connectivity index (χ0v) is 28.4. The van der Waals surface area contributed by atoms with Crippen molar-refractivity contribution in [3.8, 4) is 0 Å². The Balaban J connectivity index is 0.000000643. The molecule has 2 unspecified atom stereocenters. The maximum Gasteiger partial charge on any atom is 0.329 e. The first-order valence-electron chi connectivity index (χ1n) is 13.4. The molecule has 2 aromatic rings. The summed E-state index contributed by atoms with van der Waals surface area (Å²) in [5, 5.41) is 0. The standard InChI is InChI=1S/C14H19BrFNO3.C9H18O2.C6H5BrFNO/c1-5-20-14(19)11(6-8(2)3)17-7-10(15)9(4)12(16)13(17)18;1-5-11-9(10)8(4)6-7(2)3;1-3-4(7)2-9-6(10)5(3)8/h7-8,11H,5-6H2,1-4H3;7-8H,5-6H2,1-4H3;2H,1H3,(H,9,10). The van der Waals surface area contributed by atoms with Gasteiger partial charge in [-0.2, -0.15) is 0 Å². The molecule has 2 heterocycles. The summed E-state index contributed by atoms with van der Waals surface area (Å²) in [6.45, 7) is 17.3. The van der Waals surface area contributed by atoms with E-state index in [1.54, 1.807) is 6.92 Å². The second-order valence-corrected chi connectivity index (χ2v) is 11.9. The van der Waals surface area contributed by atoms with Crippen LogP contribution in [0.4, 0.5) is 8.78 Å². The van der Waals surface area contributed by atoms with Crippen molar-refractivity contribution in [2.24, 2.45) is 17.8 Å². The molecular weight excluding hydrogens is 670 g/mol. The van der Waals surface area contributed by atoms with E-state index in [9.17, 15) is 28.0 Å². The van der Waals surface area contributed by atoms with Crippen LogP contribution in [0.2, 0.25) is 0 Å². The molecule has 0 aliphatic rings. The van der Waals surface area contributed by atoms with Gasteiger partial charge in [-0.3, -0.25) is 19.0 Å². The molecule has 0 aliphatic heterocycles. The number of halogens is 4. The predicted molar refractivity (Wildman–Crippen MR) is 163 cm³/mol. The highest BCUT2D eigenvalue weighted by molar-refractivity contribution is 9.10. The van der Waals surface area contributed by atoms with Crippen LogP contribution in [0.15, 0.2) is 30.9 Å². The topological polar surface area (TPSA) is 107 Å². The number of nitrogens with zero attached hydrogens (tertiary/aromatic N) is 1. The third-order valence-corrected chi connectivity index (χ3v) is 7.31. The number of ether oxygens (including phenoxy) is 2. The van der Waals surface area contributed by atoms with Gasteiger partial charge in [-0.15, -0.1) is 0 Å². The summed E-state index contributed by atoms with van der Waals surface area (Å²) in [6, 6.07) is -0.811. The first-order valence-corrected chi connectivity index (χ1v) is 15.0. The fourth-order valence-electron chi connectivity index (χ4n) is 3.56. The Morgan fingerprint density at radius 1 is 0.854 bits per heavy atom. The molecule has 0 amide bonds. The molecule has 2 rings (SSSR count). The molecule has 232 valence electrons. The van der Waals surface area contributed by atoms with Crippen molar-refractivity contribution in [1.82, 2.24) is 9.55 Å². The number of H-pyrrole nitrogens is 1. The number of hydrogen-bond acceptors (Lipinski definition) is 6. The van der Waals surface area contributed by atoms with Crippen LogP contribution in [0.3, 0.4) is 0 Å². The van der Waals surface area contributed by atoms with Crippen LogP contribution in [-0.4, -0.2) is 34.7 Å². The van der Waals surface area contributed by atoms with E-state index < -0.39 is 34.8 Å². The van der Waals surface area contributed by atoms with E-state index in [0.717, 1.165) is 11.0 Å². The summed E-state index contributed by atoms with van der Waals surface area (Å²) in [4.78, 5) is 47.9. The summed E-state index contributed by atoms with van der Waals surface area (Å²) in [5.74, 6) is -1.38. The fourth-order valence-corrected chi connectivity index (χ4v) is 4.24. The normalized spacial score (nSPS) is 12.1. The quantitative estimate of drug-likeness (QED) is 0.280. The molecule has 0 saturated heterocycles. The highest BCUT2D eigenvalue weighted by Gasteiger charge is 2.26. The minimum absolute atomic E-state index is 0.0509. The van der Waals surface area contributed by atoms with Crippen LogP contribution in [0.1, 0.15) is 78.5 Å². The average Bonchev–Trinajstić information content (AvgIpc) is 2.90. The summed E-state index contributed by atoms with van der Waals surface area (Å²) in [6.07, 6.45) is 4.19. The van der Waals surface area contributed by atoms with Crippen molar-refractivity contribution >= 4 is 43.8 Å². The fraction of sp³-hybridized carbons (Fsp3) is 0.586. The van der Waals surface area contributed by atoms with Gasteiger partial charge in [0.15, 0.2) is 11.6 Å². The highest BCUT2D eigenvalue weighted by atomic mass is 79.9. The summed E-state index contributed by atoms with van der Waals surface area (Å²) < 4.78 is 38.5. The zero-order chi connectivity index (χ0) is 32.0. The average molecular weight is 712 g/mol. The lowest BCUT2D eigenvalue weighted by molar-refractivity contribution is -0.148. The molecule has 0 saturated carbocycles. The van der Waals surface area contributed by atoms with Gasteiger partial charge in [0, 0.05) is 32.5 Å². The van der Waals surface area contributed by atoms with Gasteiger partial charge in [0.05, 0.1) is 19.1 Å². The lowest BCUT2D eigenvalue weighted by Crippen LogP contribution is -2.34. The summed E-state index contributed by atoms with van der Waals surface area (Å²) in [5.41, 5.74) is -0.910. The lowest BCUT2D eigenvalue weighted by atomic mass is 9.99.